The Morgan fingerprint density at radius 2 is 1.64 bits per heavy atom. The van der Waals surface area contributed by atoms with Gasteiger partial charge in [0, 0.05) is 43.1 Å². The van der Waals surface area contributed by atoms with E-state index < -0.39 is 0 Å². The number of likely N-dealkylation sites (tertiary alicyclic amines) is 1. The van der Waals surface area contributed by atoms with Gasteiger partial charge in [-0.15, -0.1) is 12.4 Å². The van der Waals surface area contributed by atoms with Gasteiger partial charge in [-0.25, -0.2) is 0 Å². The maximum absolute atomic E-state index is 12.7. The van der Waals surface area contributed by atoms with E-state index in [2.05, 4.69) is 5.32 Å². The molecule has 3 aliphatic rings. The molecule has 2 unspecified atom stereocenters. The van der Waals surface area contributed by atoms with Gasteiger partial charge in [0.15, 0.2) is 5.78 Å². The number of hydrogen-bond acceptors (Lipinski definition) is 4. The van der Waals surface area contributed by atoms with Crippen LogP contribution in [0, 0.1) is 11.8 Å². The minimum absolute atomic E-state index is 0. The third-order valence-electron chi connectivity index (χ3n) is 6.63. The molecule has 0 aromatic heterocycles. The lowest BCUT2D eigenvalue weighted by Crippen LogP contribution is -2.43. The summed E-state index contributed by atoms with van der Waals surface area (Å²) in [5, 5.41) is 3.64. The van der Waals surface area contributed by atoms with Gasteiger partial charge in [0.25, 0.3) is 0 Å². The number of rotatable bonds is 5. The Hall–Kier alpha value is -1.59. The van der Waals surface area contributed by atoms with Crippen molar-refractivity contribution in [2.45, 2.75) is 57.0 Å². The molecular weight excluding hydrogens is 376 g/mol. The first-order valence-corrected chi connectivity index (χ1v) is 10.3. The maximum atomic E-state index is 12.7. The van der Waals surface area contributed by atoms with E-state index in [1.165, 1.54) is 12.8 Å². The molecule has 3 aliphatic heterocycles. The van der Waals surface area contributed by atoms with Gasteiger partial charge in [0.05, 0.1) is 7.11 Å². The second-order valence-corrected chi connectivity index (χ2v) is 8.43. The van der Waals surface area contributed by atoms with E-state index in [1.807, 2.05) is 29.2 Å². The van der Waals surface area contributed by atoms with Gasteiger partial charge in [-0.2, -0.15) is 0 Å². The van der Waals surface area contributed by atoms with Crippen molar-refractivity contribution in [3.63, 3.8) is 0 Å². The number of carbonyl (C=O) groups excluding carboxylic acids is 2. The van der Waals surface area contributed by atoms with Crippen LogP contribution in [0.15, 0.2) is 24.3 Å². The number of fused-ring (bicyclic) bond motifs is 2. The Balaban J connectivity index is 0.00000225. The Morgan fingerprint density at radius 3 is 2.21 bits per heavy atom. The number of piperidine rings is 2. The van der Waals surface area contributed by atoms with Gasteiger partial charge in [-0.3, -0.25) is 9.59 Å². The summed E-state index contributed by atoms with van der Waals surface area (Å²) in [5.74, 6) is 1.81. The number of hydrogen-bond donors (Lipinski definition) is 1. The van der Waals surface area contributed by atoms with Crippen LogP contribution in [-0.4, -0.2) is 48.9 Å². The fourth-order valence-electron chi connectivity index (χ4n) is 5.10. The highest BCUT2D eigenvalue weighted by Gasteiger charge is 2.35. The molecule has 4 rings (SSSR count). The molecule has 3 saturated heterocycles. The highest BCUT2D eigenvalue weighted by molar-refractivity contribution is 5.98. The van der Waals surface area contributed by atoms with Crippen LogP contribution >= 0.6 is 12.4 Å². The minimum atomic E-state index is 0. The molecule has 3 heterocycles. The van der Waals surface area contributed by atoms with E-state index in [4.69, 9.17) is 4.74 Å². The Morgan fingerprint density at radius 1 is 1.04 bits per heavy atom. The molecule has 1 aromatic carbocycles. The average Bonchev–Trinajstić information content (AvgIpc) is 3.05. The number of methoxy groups -OCH3 is 1. The van der Waals surface area contributed by atoms with Crippen LogP contribution in [0.3, 0.4) is 0 Å². The van der Waals surface area contributed by atoms with Crippen LogP contribution in [-0.2, 0) is 4.79 Å². The zero-order valence-corrected chi connectivity index (χ0v) is 17.4. The first-order valence-electron chi connectivity index (χ1n) is 10.3. The van der Waals surface area contributed by atoms with Crippen molar-refractivity contribution in [2.75, 3.05) is 20.2 Å². The Bertz CT molecular complexity index is 674. The van der Waals surface area contributed by atoms with Crippen LogP contribution in [0.2, 0.25) is 0 Å². The summed E-state index contributed by atoms with van der Waals surface area (Å²) in [6, 6.07) is 8.61. The van der Waals surface area contributed by atoms with Crippen LogP contribution in [0.5, 0.6) is 5.75 Å². The molecule has 6 heteroatoms. The molecule has 0 saturated carbocycles. The van der Waals surface area contributed by atoms with Crippen molar-refractivity contribution in [1.82, 2.24) is 10.2 Å². The van der Waals surface area contributed by atoms with Gasteiger partial charge in [0.1, 0.15) is 5.75 Å². The second-order valence-electron chi connectivity index (χ2n) is 8.43. The lowest BCUT2D eigenvalue weighted by atomic mass is 9.87. The second kappa shape index (κ2) is 9.27. The van der Waals surface area contributed by atoms with E-state index in [0.717, 1.165) is 37.0 Å². The van der Waals surface area contributed by atoms with Crippen molar-refractivity contribution in [3.05, 3.63) is 29.8 Å². The van der Waals surface area contributed by atoms with Crippen molar-refractivity contribution < 1.29 is 14.3 Å². The Kier molecular flexibility index (Phi) is 7.00. The Labute approximate surface area is 173 Å². The van der Waals surface area contributed by atoms with E-state index in [0.29, 0.717) is 37.5 Å². The molecule has 0 aliphatic carbocycles. The molecule has 2 atom stereocenters. The lowest BCUT2D eigenvalue weighted by Gasteiger charge is -2.34. The lowest BCUT2D eigenvalue weighted by molar-refractivity contribution is -0.133. The fourth-order valence-corrected chi connectivity index (χ4v) is 5.10. The van der Waals surface area contributed by atoms with Crippen LogP contribution in [0.1, 0.15) is 55.3 Å². The predicted octanol–water partition coefficient (Wildman–Crippen LogP) is 3.46. The van der Waals surface area contributed by atoms with Crippen molar-refractivity contribution in [1.29, 1.82) is 0 Å². The molecule has 1 amide bonds. The normalized spacial score (nSPS) is 27.2. The summed E-state index contributed by atoms with van der Waals surface area (Å²) in [6.45, 7) is 1.42. The maximum Gasteiger partial charge on any atom is 0.222 e. The summed E-state index contributed by atoms with van der Waals surface area (Å²) in [7, 11) is 1.62. The monoisotopic (exact) mass is 406 g/mol. The zero-order valence-electron chi connectivity index (χ0n) is 16.6. The highest BCUT2D eigenvalue weighted by atomic mass is 35.5. The largest absolute Gasteiger partial charge is 0.497 e. The minimum Gasteiger partial charge on any atom is -0.497 e. The quantitative estimate of drug-likeness (QED) is 0.761. The smallest absolute Gasteiger partial charge is 0.222 e. The van der Waals surface area contributed by atoms with Crippen LogP contribution < -0.4 is 10.1 Å². The summed E-state index contributed by atoms with van der Waals surface area (Å²) in [6.07, 6.45) is 7.07. The molecule has 0 spiro atoms. The third kappa shape index (κ3) is 4.69. The van der Waals surface area contributed by atoms with Gasteiger partial charge in [-0.1, -0.05) is 0 Å². The van der Waals surface area contributed by atoms with Crippen LogP contribution in [0.4, 0.5) is 0 Å². The molecule has 28 heavy (non-hydrogen) atoms. The summed E-state index contributed by atoms with van der Waals surface area (Å²) in [4.78, 5) is 27.4. The summed E-state index contributed by atoms with van der Waals surface area (Å²) >= 11 is 0. The molecule has 1 N–H and O–H groups in total. The predicted molar refractivity (Wildman–Crippen MR) is 111 cm³/mol. The fraction of sp³-hybridized carbons (Fsp3) is 0.636. The van der Waals surface area contributed by atoms with E-state index >= 15 is 0 Å². The molecule has 0 radical (unpaired) electrons. The van der Waals surface area contributed by atoms with Gasteiger partial charge < -0.3 is 15.0 Å². The number of amides is 1. The first-order chi connectivity index (χ1) is 13.1. The van der Waals surface area contributed by atoms with Gasteiger partial charge >= 0.3 is 0 Å². The number of nitrogens with zero attached hydrogens (tertiary/aromatic N) is 1. The number of halogens is 1. The van der Waals surface area contributed by atoms with Crippen molar-refractivity contribution >= 4 is 24.1 Å². The SMILES string of the molecule is COc1ccc(C(=O)C2CCN(C(=O)CC3CC4CCC(C3)N4)CC2)cc1.Cl. The number of benzene rings is 1. The molecule has 2 bridgehead atoms. The molecule has 1 aromatic rings. The first kappa shape index (κ1) is 21.1. The number of ketones is 1. The van der Waals surface area contributed by atoms with E-state index in [1.54, 1.807) is 7.11 Å². The molecule has 154 valence electrons. The van der Waals surface area contributed by atoms with Crippen LogP contribution in [0.25, 0.3) is 0 Å². The average molecular weight is 407 g/mol. The molecule has 3 fully saturated rings. The highest BCUT2D eigenvalue weighted by Crippen LogP contribution is 2.33. The van der Waals surface area contributed by atoms with Crippen molar-refractivity contribution in [3.8, 4) is 5.75 Å². The number of Topliss-reactive ketones (excluding diaryl/α,β-unsaturated/α-hetero) is 1. The van der Waals surface area contributed by atoms with Gasteiger partial charge in [0.2, 0.25) is 5.91 Å². The molecule has 5 nitrogen and oxygen atoms in total. The summed E-state index contributed by atoms with van der Waals surface area (Å²) in [5.41, 5.74) is 0.741. The van der Waals surface area contributed by atoms with E-state index in [-0.39, 0.29) is 30.0 Å². The number of ether oxygens (including phenoxy) is 1. The van der Waals surface area contributed by atoms with Crippen molar-refractivity contribution in [2.24, 2.45) is 11.8 Å². The zero-order chi connectivity index (χ0) is 18.8. The van der Waals surface area contributed by atoms with Gasteiger partial charge in [-0.05, 0) is 68.7 Å². The topological polar surface area (TPSA) is 58.6 Å². The third-order valence-corrected chi connectivity index (χ3v) is 6.63. The number of carbonyl (C=O) groups is 2. The molecular formula is C22H31ClN2O3. The number of nitrogens with one attached hydrogen (secondary N) is 1. The standard InChI is InChI=1S/C22H30N2O3.ClH/c1-27-20-6-2-16(3-7-20)22(26)17-8-10-24(11-9-17)21(25)14-15-12-18-4-5-19(13-15)23-18;/h2-3,6-7,15,17-19,23H,4-5,8-14H2,1H3;1H. The summed E-state index contributed by atoms with van der Waals surface area (Å²) < 4.78 is 5.15. The van der Waals surface area contributed by atoms with E-state index in [9.17, 15) is 9.59 Å².